The first kappa shape index (κ1) is 14.3. The number of sulfonamides is 1. The quantitative estimate of drug-likeness (QED) is 0.846. The van der Waals surface area contributed by atoms with Gasteiger partial charge in [0.25, 0.3) is 0 Å². The van der Waals surface area contributed by atoms with Crippen molar-refractivity contribution < 1.29 is 8.42 Å². The summed E-state index contributed by atoms with van der Waals surface area (Å²) in [5.74, 6) is 0. The topological polar surface area (TPSA) is 85.1 Å². The molecule has 2 rings (SSSR count). The molecule has 0 atom stereocenters. The number of aromatic nitrogens is 1. The third kappa shape index (κ3) is 3.44. The largest absolute Gasteiger partial charge is 0.397 e. The maximum atomic E-state index is 12.0. The third-order valence-electron chi connectivity index (χ3n) is 2.36. The van der Waals surface area contributed by atoms with Crippen molar-refractivity contribution in [3.05, 3.63) is 39.3 Å². The second-order valence-corrected chi connectivity index (χ2v) is 7.37. The van der Waals surface area contributed by atoms with Crippen molar-refractivity contribution in [2.24, 2.45) is 0 Å². The molecule has 0 aliphatic carbocycles. The second-order valence-electron chi connectivity index (χ2n) is 3.87. The fraction of sp³-hybridized carbons (Fsp3) is 0.182. The van der Waals surface area contributed by atoms with Gasteiger partial charge in [0.15, 0.2) is 0 Å². The first-order chi connectivity index (χ1) is 8.88. The molecule has 3 N–H and O–H groups in total. The van der Waals surface area contributed by atoms with E-state index < -0.39 is 10.0 Å². The summed E-state index contributed by atoms with van der Waals surface area (Å²) < 4.78 is 26.6. The minimum Gasteiger partial charge on any atom is -0.397 e. The molecule has 1 aromatic heterocycles. The summed E-state index contributed by atoms with van der Waals surface area (Å²) in [5, 5.41) is 1.04. The normalized spacial score (nSPS) is 11.7. The van der Waals surface area contributed by atoms with Crippen molar-refractivity contribution in [2.45, 2.75) is 18.4 Å². The van der Waals surface area contributed by atoms with Gasteiger partial charge in [-0.25, -0.2) is 18.1 Å². The second kappa shape index (κ2) is 5.46. The molecule has 0 saturated carbocycles. The number of nitrogens with one attached hydrogen (secondary N) is 1. The minimum atomic E-state index is -3.61. The Morgan fingerprint density at radius 1 is 1.47 bits per heavy atom. The van der Waals surface area contributed by atoms with Gasteiger partial charge in [0.2, 0.25) is 10.0 Å². The number of thiazole rings is 1. The molecule has 1 aromatic carbocycles. The van der Waals surface area contributed by atoms with E-state index in [-0.39, 0.29) is 17.1 Å². The van der Waals surface area contributed by atoms with E-state index in [1.54, 1.807) is 6.20 Å². The summed E-state index contributed by atoms with van der Waals surface area (Å²) in [4.78, 5) is 5.21. The maximum absolute atomic E-state index is 12.0. The molecule has 0 amide bonds. The van der Waals surface area contributed by atoms with Gasteiger partial charge in [-0.3, -0.25) is 0 Å². The average molecular weight is 318 g/mol. The number of aryl methyl sites for hydroxylation is 1. The highest BCUT2D eigenvalue weighted by Gasteiger charge is 2.15. The van der Waals surface area contributed by atoms with Crippen LogP contribution >= 0.6 is 22.9 Å². The molecule has 0 saturated heterocycles. The van der Waals surface area contributed by atoms with E-state index in [2.05, 4.69) is 9.71 Å². The van der Waals surface area contributed by atoms with Gasteiger partial charge >= 0.3 is 0 Å². The lowest BCUT2D eigenvalue weighted by atomic mass is 10.3. The molecule has 0 fully saturated rings. The fourth-order valence-corrected chi connectivity index (χ4v) is 3.37. The molecule has 0 aliphatic rings. The highest BCUT2D eigenvalue weighted by molar-refractivity contribution is 7.89. The van der Waals surface area contributed by atoms with Crippen LogP contribution in [0.2, 0.25) is 5.02 Å². The van der Waals surface area contributed by atoms with Crippen LogP contribution in [0.3, 0.4) is 0 Å². The number of hydrogen-bond donors (Lipinski definition) is 2. The molecule has 19 heavy (non-hydrogen) atoms. The van der Waals surface area contributed by atoms with Crippen molar-refractivity contribution in [1.29, 1.82) is 0 Å². The Morgan fingerprint density at radius 3 is 2.79 bits per heavy atom. The molecule has 5 nitrogen and oxygen atoms in total. The first-order valence-corrected chi connectivity index (χ1v) is 8.02. The van der Waals surface area contributed by atoms with Crippen molar-refractivity contribution >= 4 is 38.6 Å². The number of nitrogen functional groups attached to an aromatic ring is 1. The van der Waals surface area contributed by atoms with Gasteiger partial charge in [-0.2, -0.15) is 0 Å². The number of benzene rings is 1. The maximum Gasteiger partial charge on any atom is 0.241 e. The van der Waals surface area contributed by atoms with Gasteiger partial charge in [0.05, 0.1) is 22.2 Å². The van der Waals surface area contributed by atoms with E-state index in [1.165, 1.54) is 29.5 Å². The van der Waals surface area contributed by atoms with Crippen LogP contribution in [0.25, 0.3) is 0 Å². The average Bonchev–Trinajstić information content (AvgIpc) is 2.76. The van der Waals surface area contributed by atoms with E-state index in [1.807, 2.05) is 6.92 Å². The van der Waals surface area contributed by atoms with Gasteiger partial charge in [-0.05, 0) is 25.1 Å². The molecule has 0 aliphatic heterocycles. The van der Waals surface area contributed by atoms with Crippen molar-refractivity contribution in [1.82, 2.24) is 9.71 Å². The Hall–Kier alpha value is -1.15. The van der Waals surface area contributed by atoms with E-state index >= 15 is 0 Å². The number of anilines is 1. The van der Waals surface area contributed by atoms with E-state index in [4.69, 9.17) is 17.3 Å². The van der Waals surface area contributed by atoms with E-state index in [0.29, 0.717) is 10.0 Å². The number of hydrogen-bond acceptors (Lipinski definition) is 5. The Bertz CT molecular complexity index is 698. The summed E-state index contributed by atoms with van der Waals surface area (Å²) in [6.07, 6.45) is 1.70. The summed E-state index contributed by atoms with van der Waals surface area (Å²) >= 11 is 7.20. The van der Waals surface area contributed by atoms with Crippen LogP contribution in [0.5, 0.6) is 0 Å². The number of nitrogens with two attached hydrogens (primary N) is 1. The number of halogens is 1. The van der Waals surface area contributed by atoms with Gasteiger partial charge in [-0.1, -0.05) is 11.6 Å². The van der Waals surface area contributed by atoms with Crippen LogP contribution in [-0.2, 0) is 16.6 Å². The molecular weight excluding hydrogens is 306 g/mol. The third-order valence-corrected chi connectivity index (χ3v) is 5.02. The predicted molar refractivity (Wildman–Crippen MR) is 76.7 cm³/mol. The van der Waals surface area contributed by atoms with E-state index in [9.17, 15) is 8.42 Å². The molecule has 102 valence electrons. The zero-order valence-electron chi connectivity index (χ0n) is 10.1. The Morgan fingerprint density at radius 2 is 2.21 bits per heavy atom. The first-order valence-electron chi connectivity index (χ1n) is 5.34. The molecule has 2 aromatic rings. The minimum absolute atomic E-state index is 0.0858. The van der Waals surface area contributed by atoms with Crippen molar-refractivity contribution in [3.8, 4) is 0 Å². The van der Waals surface area contributed by atoms with Crippen LogP contribution in [0.1, 0.15) is 9.88 Å². The molecule has 0 radical (unpaired) electrons. The molecule has 1 heterocycles. The molecular formula is C11H12ClN3O2S2. The van der Waals surface area contributed by atoms with Gasteiger partial charge in [0.1, 0.15) is 5.01 Å². The predicted octanol–water partition coefficient (Wildman–Crippen LogP) is 2.17. The lowest BCUT2D eigenvalue weighted by molar-refractivity contribution is 0.581. The highest BCUT2D eigenvalue weighted by Crippen LogP contribution is 2.22. The Labute approximate surface area is 120 Å². The van der Waals surface area contributed by atoms with Crippen molar-refractivity contribution in [3.63, 3.8) is 0 Å². The molecule has 8 heteroatoms. The van der Waals surface area contributed by atoms with Crippen LogP contribution in [0.4, 0.5) is 5.69 Å². The summed E-state index contributed by atoms with van der Waals surface area (Å²) in [6, 6.07) is 4.20. The SMILES string of the molecule is Cc1cnc(CNS(=O)(=O)c2ccc(Cl)c(N)c2)s1. The monoisotopic (exact) mass is 317 g/mol. The standard InChI is InChI=1S/C11H12ClN3O2S2/c1-7-5-14-11(18-7)6-15-19(16,17)8-2-3-9(12)10(13)4-8/h2-5,15H,6,13H2,1H3. The van der Waals surface area contributed by atoms with Gasteiger partial charge in [-0.15, -0.1) is 11.3 Å². The van der Waals surface area contributed by atoms with Gasteiger partial charge < -0.3 is 5.73 Å². The zero-order valence-corrected chi connectivity index (χ0v) is 12.4. The summed E-state index contributed by atoms with van der Waals surface area (Å²) in [5.41, 5.74) is 5.82. The smallest absolute Gasteiger partial charge is 0.241 e. The van der Waals surface area contributed by atoms with Crippen LogP contribution in [0, 0.1) is 6.92 Å². The summed E-state index contributed by atoms with van der Waals surface area (Å²) in [7, 11) is -3.61. The molecule has 0 spiro atoms. The van der Waals surface area contributed by atoms with E-state index in [0.717, 1.165) is 4.88 Å². The van der Waals surface area contributed by atoms with Crippen LogP contribution < -0.4 is 10.5 Å². The lowest BCUT2D eigenvalue weighted by Gasteiger charge is -2.06. The van der Waals surface area contributed by atoms with Crippen molar-refractivity contribution in [2.75, 3.05) is 5.73 Å². The fourth-order valence-electron chi connectivity index (χ4n) is 1.41. The number of nitrogens with zero attached hydrogens (tertiary/aromatic N) is 1. The number of rotatable bonds is 4. The Kier molecular flexibility index (Phi) is 4.10. The lowest BCUT2D eigenvalue weighted by Crippen LogP contribution is -2.23. The highest BCUT2D eigenvalue weighted by atomic mass is 35.5. The molecule has 0 bridgehead atoms. The zero-order chi connectivity index (χ0) is 14.0. The van der Waals surface area contributed by atoms with Crippen LogP contribution in [0.15, 0.2) is 29.3 Å². The summed E-state index contributed by atoms with van der Waals surface area (Å²) in [6.45, 7) is 2.07. The van der Waals surface area contributed by atoms with Gasteiger partial charge in [0, 0.05) is 11.1 Å². The van der Waals surface area contributed by atoms with Crippen LogP contribution in [-0.4, -0.2) is 13.4 Å². The Balaban J connectivity index is 2.16. The molecule has 0 unspecified atom stereocenters.